The smallest absolute Gasteiger partial charge is 0.251 e. The van der Waals surface area contributed by atoms with E-state index in [-0.39, 0.29) is 24.6 Å². The highest BCUT2D eigenvalue weighted by atomic mass is 19.2. The summed E-state index contributed by atoms with van der Waals surface area (Å²) in [6.45, 7) is 4.35. The normalized spacial score (nSPS) is 12.5. The maximum absolute atomic E-state index is 13.1. The van der Waals surface area contributed by atoms with Crippen LogP contribution >= 0.6 is 0 Å². The van der Waals surface area contributed by atoms with Crippen molar-refractivity contribution in [1.29, 1.82) is 0 Å². The molecule has 0 saturated heterocycles. The topological polar surface area (TPSA) is 49.3 Å². The van der Waals surface area contributed by atoms with E-state index in [9.17, 15) is 18.0 Å². The van der Waals surface area contributed by atoms with E-state index in [1.165, 1.54) is 0 Å². The summed E-state index contributed by atoms with van der Waals surface area (Å²) in [5.74, 6) is -4.57. The van der Waals surface area contributed by atoms with Gasteiger partial charge in [-0.2, -0.15) is 0 Å². The molecule has 0 saturated carbocycles. The van der Waals surface area contributed by atoms with Crippen molar-refractivity contribution in [3.8, 4) is 0 Å². The second kappa shape index (κ2) is 8.02. The van der Waals surface area contributed by atoms with Gasteiger partial charge in [0.2, 0.25) is 0 Å². The number of carbonyl (C=O) groups is 1. The van der Waals surface area contributed by atoms with Crippen molar-refractivity contribution in [3.63, 3.8) is 0 Å². The van der Waals surface area contributed by atoms with Gasteiger partial charge >= 0.3 is 0 Å². The summed E-state index contributed by atoms with van der Waals surface area (Å²) in [5.41, 5.74) is -0.265. The molecule has 118 valence electrons. The number of halogens is 3. The van der Waals surface area contributed by atoms with Crippen LogP contribution in [0.25, 0.3) is 0 Å². The molecule has 1 amide bonds. The molecule has 21 heavy (non-hydrogen) atoms. The summed E-state index contributed by atoms with van der Waals surface area (Å²) in [5, 5.41) is 11.5. The number of carbonyl (C=O) groups excluding carboxylic acids is 1. The first-order valence-electron chi connectivity index (χ1n) is 6.88. The monoisotopic (exact) mass is 303 g/mol. The number of rotatable bonds is 7. The van der Waals surface area contributed by atoms with Crippen molar-refractivity contribution >= 4 is 5.91 Å². The van der Waals surface area contributed by atoms with Crippen LogP contribution in [0.15, 0.2) is 12.1 Å². The molecule has 1 rings (SSSR count). The molecule has 6 heteroatoms. The first-order chi connectivity index (χ1) is 9.85. The molecule has 3 nitrogen and oxygen atoms in total. The zero-order valence-electron chi connectivity index (χ0n) is 12.1. The SMILES string of the molecule is CC(C)C[C@H](CCO)CNC(=O)c1cc(F)c(F)c(F)c1. The van der Waals surface area contributed by atoms with E-state index in [1.54, 1.807) is 0 Å². The average Bonchev–Trinajstić information content (AvgIpc) is 2.40. The predicted molar refractivity (Wildman–Crippen MR) is 73.3 cm³/mol. The Kier molecular flexibility index (Phi) is 6.68. The molecule has 2 N–H and O–H groups in total. The van der Waals surface area contributed by atoms with E-state index in [1.807, 2.05) is 13.8 Å². The van der Waals surface area contributed by atoms with E-state index in [0.29, 0.717) is 24.5 Å². The van der Waals surface area contributed by atoms with Crippen molar-refractivity contribution in [2.45, 2.75) is 26.7 Å². The van der Waals surface area contributed by atoms with E-state index >= 15 is 0 Å². The Morgan fingerprint density at radius 3 is 2.29 bits per heavy atom. The number of hydrogen-bond acceptors (Lipinski definition) is 2. The minimum absolute atomic E-state index is 0.00701. The Morgan fingerprint density at radius 1 is 1.24 bits per heavy atom. The Balaban J connectivity index is 2.68. The second-order valence-electron chi connectivity index (χ2n) is 5.47. The lowest BCUT2D eigenvalue weighted by molar-refractivity contribution is 0.0940. The van der Waals surface area contributed by atoms with Gasteiger partial charge in [0.1, 0.15) is 0 Å². The van der Waals surface area contributed by atoms with Gasteiger partial charge < -0.3 is 10.4 Å². The lowest BCUT2D eigenvalue weighted by atomic mass is 9.94. The third-order valence-electron chi connectivity index (χ3n) is 3.14. The number of benzene rings is 1. The van der Waals surface area contributed by atoms with E-state index in [0.717, 1.165) is 6.42 Å². The Labute approximate surface area is 122 Å². The molecule has 0 aliphatic rings. The van der Waals surface area contributed by atoms with Crippen LogP contribution in [0.5, 0.6) is 0 Å². The van der Waals surface area contributed by atoms with Gasteiger partial charge in [-0.25, -0.2) is 13.2 Å². The van der Waals surface area contributed by atoms with Gasteiger partial charge in [0.05, 0.1) is 0 Å². The summed E-state index contributed by atoms with van der Waals surface area (Å²) in [6, 6.07) is 1.33. The Hall–Kier alpha value is -1.56. The Bertz CT molecular complexity index is 469. The van der Waals surface area contributed by atoms with Crippen molar-refractivity contribution in [3.05, 3.63) is 35.1 Å². The first-order valence-corrected chi connectivity index (χ1v) is 6.88. The summed E-state index contributed by atoms with van der Waals surface area (Å²) < 4.78 is 39.0. The third kappa shape index (κ3) is 5.38. The maximum Gasteiger partial charge on any atom is 0.251 e. The van der Waals surface area contributed by atoms with Crippen LogP contribution in [-0.2, 0) is 0 Å². The van der Waals surface area contributed by atoms with Crippen LogP contribution in [0.2, 0.25) is 0 Å². The summed E-state index contributed by atoms with van der Waals surface area (Å²) in [6.07, 6.45) is 1.34. The molecule has 0 bridgehead atoms. The molecular formula is C15H20F3NO2. The molecule has 0 aromatic heterocycles. The highest BCUT2D eigenvalue weighted by Gasteiger charge is 2.17. The maximum atomic E-state index is 13.1. The zero-order valence-corrected chi connectivity index (χ0v) is 12.1. The van der Waals surface area contributed by atoms with Gasteiger partial charge in [-0.05, 0) is 36.8 Å². The van der Waals surface area contributed by atoms with Crippen LogP contribution in [-0.4, -0.2) is 24.2 Å². The van der Waals surface area contributed by atoms with Gasteiger partial charge in [0, 0.05) is 18.7 Å². The van der Waals surface area contributed by atoms with Gasteiger partial charge in [0.25, 0.3) is 5.91 Å². The predicted octanol–water partition coefficient (Wildman–Crippen LogP) is 2.88. The summed E-state index contributed by atoms with van der Waals surface area (Å²) >= 11 is 0. The molecule has 0 spiro atoms. The van der Waals surface area contributed by atoms with Crippen molar-refractivity contribution in [1.82, 2.24) is 5.32 Å². The minimum Gasteiger partial charge on any atom is -0.396 e. The zero-order chi connectivity index (χ0) is 16.0. The number of aliphatic hydroxyl groups excluding tert-OH is 1. The van der Waals surface area contributed by atoms with E-state index < -0.39 is 23.4 Å². The standard InChI is InChI=1S/C15H20F3NO2/c1-9(2)5-10(3-4-20)8-19-15(21)11-6-12(16)14(18)13(17)7-11/h6-7,9-10,20H,3-5,8H2,1-2H3,(H,19,21)/t10-/m0/s1. The van der Waals surface area contributed by atoms with Gasteiger partial charge in [0.15, 0.2) is 17.5 Å². The first kappa shape index (κ1) is 17.5. The van der Waals surface area contributed by atoms with Gasteiger partial charge in [-0.3, -0.25) is 4.79 Å². The fourth-order valence-corrected chi connectivity index (χ4v) is 2.18. The average molecular weight is 303 g/mol. The lowest BCUT2D eigenvalue weighted by Gasteiger charge is -2.18. The van der Waals surface area contributed by atoms with Crippen LogP contribution in [0.3, 0.4) is 0 Å². The molecule has 0 heterocycles. The molecule has 0 aliphatic heterocycles. The van der Waals surface area contributed by atoms with Gasteiger partial charge in [-0.15, -0.1) is 0 Å². The van der Waals surface area contributed by atoms with Crippen LogP contribution in [0.4, 0.5) is 13.2 Å². The van der Waals surface area contributed by atoms with Crippen LogP contribution in [0.1, 0.15) is 37.0 Å². The van der Waals surface area contributed by atoms with Crippen LogP contribution in [0, 0.1) is 29.3 Å². The number of amides is 1. The lowest BCUT2D eigenvalue weighted by Crippen LogP contribution is -2.30. The fraction of sp³-hybridized carbons (Fsp3) is 0.533. The number of hydrogen-bond donors (Lipinski definition) is 2. The highest BCUT2D eigenvalue weighted by molar-refractivity contribution is 5.94. The highest BCUT2D eigenvalue weighted by Crippen LogP contribution is 2.16. The molecule has 0 fully saturated rings. The second-order valence-corrected chi connectivity index (χ2v) is 5.47. The summed E-state index contributed by atoms with van der Waals surface area (Å²) in [4.78, 5) is 11.8. The van der Waals surface area contributed by atoms with Crippen molar-refractivity contribution in [2.24, 2.45) is 11.8 Å². The quantitative estimate of drug-likeness (QED) is 0.761. The number of aliphatic hydroxyl groups is 1. The van der Waals surface area contributed by atoms with Crippen LogP contribution < -0.4 is 5.32 Å². The molecule has 1 aromatic carbocycles. The molecule has 1 aromatic rings. The van der Waals surface area contributed by atoms with E-state index in [4.69, 9.17) is 5.11 Å². The van der Waals surface area contributed by atoms with E-state index in [2.05, 4.69) is 5.32 Å². The largest absolute Gasteiger partial charge is 0.396 e. The summed E-state index contributed by atoms with van der Waals surface area (Å²) in [7, 11) is 0. The molecular weight excluding hydrogens is 283 g/mol. The number of nitrogens with one attached hydrogen (secondary N) is 1. The molecule has 1 atom stereocenters. The minimum atomic E-state index is -1.59. The molecule has 0 radical (unpaired) electrons. The van der Waals surface area contributed by atoms with Gasteiger partial charge in [-0.1, -0.05) is 13.8 Å². The van der Waals surface area contributed by atoms with Crippen molar-refractivity contribution < 1.29 is 23.1 Å². The molecule has 0 aliphatic carbocycles. The molecule has 0 unspecified atom stereocenters. The Morgan fingerprint density at radius 2 is 1.81 bits per heavy atom. The van der Waals surface area contributed by atoms with Crippen molar-refractivity contribution in [2.75, 3.05) is 13.2 Å². The fourth-order valence-electron chi connectivity index (χ4n) is 2.18. The third-order valence-corrected chi connectivity index (χ3v) is 3.14.